The number of aliphatic hydroxyl groups is 1. The molecular formula is C12H19NO2. The van der Waals surface area contributed by atoms with Crippen LogP contribution in [0.2, 0.25) is 0 Å². The Labute approximate surface area is 90.9 Å². The summed E-state index contributed by atoms with van der Waals surface area (Å²) >= 11 is 0. The quantitative estimate of drug-likeness (QED) is 0.791. The van der Waals surface area contributed by atoms with Crippen molar-refractivity contribution in [3.63, 3.8) is 0 Å². The van der Waals surface area contributed by atoms with Crippen molar-refractivity contribution < 1.29 is 9.84 Å². The highest BCUT2D eigenvalue weighted by atomic mass is 16.5. The third-order valence-electron chi connectivity index (χ3n) is 2.74. The van der Waals surface area contributed by atoms with E-state index < -0.39 is 0 Å². The lowest BCUT2D eigenvalue weighted by Gasteiger charge is -2.24. The topological polar surface area (TPSA) is 55.5 Å². The third kappa shape index (κ3) is 2.78. The minimum atomic E-state index is -0.301. The molecule has 1 rings (SSSR count). The molecule has 84 valence electrons. The summed E-state index contributed by atoms with van der Waals surface area (Å²) < 4.78 is 5.37. The fourth-order valence-electron chi connectivity index (χ4n) is 1.35. The molecule has 0 aliphatic heterocycles. The molecule has 0 saturated heterocycles. The third-order valence-corrected chi connectivity index (χ3v) is 2.74. The van der Waals surface area contributed by atoms with Crippen LogP contribution < -0.4 is 5.73 Å². The van der Waals surface area contributed by atoms with Crippen LogP contribution >= 0.6 is 0 Å². The van der Waals surface area contributed by atoms with E-state index in [1.165, 1.54) is 0 Å². The van der Waals surface area contributed by atoms with Crippen LogP contribution in [0.5, 0.6) is 0 Å². The summed E-state index contributed by atoms with van der Waals surface area (Å²) in [6, 6.07) is 7.51. The maximum Gasteiger partial charge on any atom is 0.0871 e. The molecule has 0 amide bonds. The monoisotopic (exact) mass is 209 g/mol. The van der Waals surface area contributed by atoms with E-state index in [1.54, 1.807) is 7.11 Å². The van der Waals surface area contributed by atoms with Gasteiger partial charge in [-0.2, -0.15) is 0 Å². The first-order chi connectivity index (χ1) is 7.01. The Kier molecular flexibility index (Phi) is 3.85. The fourth-order valence-corrected chi connectivity index (χ4v) is 1.35. The molecule has 15 heavy (non-hydrogen) atoms. The summed E-state index contributed by atoms with van der Waals surface area (Å²) in [7, 11) is 1.69. The van der Waals surface area contributed by atoms with Gasteiger partial charge >= 0.3 is 0 Å². The van der Waals surface area contributed by atoms with Gasteiger partial charge in [0, 0.05) is 7.11 Å². The van der Waals surface area contributed by atoms with Crippen molar-refractivity contribution in [2.24, 2.45) is 5.73 Å². The highest BCUT2D eigenvalue weighted by Gasteiger charge is 2.19. The Hall–Kier alpha value is -0.900. The molecule has 1 aromatic carbocycles. The summed E-state index contributed by atoms with van der Waals surface area (Å²) in [6.07, 6.45) is 0. The Morgan fingerprint density at radius 2 is 1.87 bits per heavy atom. The number of ether oxygens (including phenoxy) is 1. The lowest BCUT2D eigenvalue weighted by Crippen LogP contribution is -2.20. The molecule has 3 N–H and O–H groups in total. The molecule has 0 saturated carbocycles. The van der Waals surface area contributed by atoms with Crippen LogP contribution in [0, 0.1) is 0 Å². The van der Waals surface area contributed by atoms with E-state index in [4.69, 9.17) is 15.6 Å². The van der Waals surface area contributed by atoms with Gasteiger partial charge in [-0.15, -0.1) is 0 Å². The second-order valence-electron chi connectivity index (χ2n) is 4.13. The Morgan fingerprint density at radius 3 is 2.27 bits per heavy atom. The number of benzene rings is 1. The van der Waals surface area contributed by atoms with E-state index in [2.05, 4.69) is 0 Å². The predicted molar refractivity (Wildman–Crippen MR) is 60.5 cm³/mol. The largest absolute Gasteiger partial charge is 0.394 e. The van der Waals surface area contributed by atoms with E-state index in [0.717, 1.165) is 11.1 Å². The number of nitrogens with two attached hydrogens (primary N) is 1. The zero-order valence-electron chi connectivity index (χ0n) is 9.53. The number of methoxy groups -OCH3 is 1. The maximum atomic E-state index is 8.91. The molecule has 0 radical (unpaired) electrons. The first kappa shape index (κ1) is 12.2. The lowest BCUT2D eigenvalue weighted by atomic mass is 9.95. The van der Waals surface area contributed by atoms with Crippen LogP contribution in [0.15, 0.2) is 24.3 Å². The van der Waals surface area contributed by atoms with Gasteiger partial charge in [0.15, 0.2) is 0 Å². The highest BCUT2D eigenvalue weighted by Crippen LogP contribution is 2.24. The van der Waals surface area contributed by atoms with Gasteiger partial charge in [0.05, 0.1) is 18.2 Å². The summed E-state index contributed by atoms with van der Waals surface area (Å²) in [4.78, 5) is 0. The molecule has 0 spiro atoms. The van der Waals surface area contributed by atoms with E-state index in [0.29, 0.717) is 0 Å². The highest BCUT2D eigenvalue weighted by molar-refractivity contribution is 5.28. The van der Waals surface area contributed by atoms with Gasteiger partial charge < -0.3 is 15.6 Å². The molecule has 0 heterocycles. The van der Waals surface area contributed by atoms with Crippen LogP contribution in [-0.4, -0.2) is 18.8 Å². The van der Waals surface area contributed by atoms with Gasteiger partial charge in [-0.3, -0.25) is 0 Å². The van der Waals surface area contributed by atoms with Gasteiger partial charge in [-0.25, -0.2) is 0 Å². The zero-order chi connectivity index (χ0) is 11.5. The second-order valence-corrected chi connectivity index (χ2v) is 4.13. The molecule has 1 atom stereocenters. The van der Waals surface area contributed by atoms with E-state index in [-0.39, 0.29) is 18.2 Å². The Balaban J connectivity index is 2.90. The van der Waals surface area contributed by atoms with Crippen molar-refractivity contribution in [2.75, 3.05) is 13.7 Å². The van der Waals surface area contributed by atoms with Crippen molar-refractivity contribution in [3.8, 4) is 0 Å². The standard InChI is InChI=1S/C12H19NO2/c1-12(2,15-3)10-6-4-9(5-7-10)11(13)8-14/h4-7,11,14H,8,13H2,1-3H3. The van der Waals surface area contributed by atoms with Crippen molar-refractivity contribution in [1.82, 2.24) is 0 Å². The molecule has 3 heteroatoms. The number of hydrogen-bond donors (Lipinski definition) is 2. The first-order valence-corrected chi connectivity index (χ1v) is 5.03. The van der Waals surface area contributed by atoms with Crippen molar-refractivity contribution >= 4 is 0 Å². The zero-order valence-corrected chi connectivity index (χ0v) is 9.53. The summed E-state index contributed by atoms with van der Waals surface area (Å²) in [5, 5.41) is 8.91. The van der Waals surface area contributed by atoms with E-state index in [9.17, 15) is 0 Å². The molecule has 0 aliphatic rings. The van der Waals surface area contributed by atoms with Crippen molar-refractivity contribution in [3.05, 3.63) is 35.4 Å². The van der Waals surface area contributed by atoms with Crippen LogP contribution in [0.25, 0.3) is 0 Å². The van der Waals surface area contributed by atoms with Crippen molar-refractivity contribution in [1.29, 1.82) is 0 Å². The molecule has 3 nitrogen and oxygen atoms in total. The molecular weight excluding hydrogens is 190 g/mol. The molecule has 0 aliphatic carbocycles. The maximum absolute atomic E-state index is 8.91. The molecule has 1 aromatic rings. The number of aliphatic hydroxyl groups excluding tert-OH is 1. The SMILES string of the molecule is COC(C)(C)c1ccc(C(N)CO)cc1. The normalized spacial score (nSPS) is 13.9. The van der Waals surface area contributed by atoms with Crippen LogP contribution in [-0.2, 0) is 10.3 Å². The average Bonchev–Trinajstić information content (AvgIpc) is 2.28. The Morgan fingerprint density at radius 1 is 1.33 bits per heavy atom. The number of rotatable bonds is 4. The first-order valence-electron chi connectivity index (χ1n) is 5.03. The summed E-state index contributed by atoms with van der Waals surface area (Å²) in [5.74, 6) is 0. The smallest absolute Gasteiger partial charge is 0.0871 e. The molecule has 0 bridgehead atoms. The molecule has 0 aromatic heterocycles. The van der Waals surface area contributed by atoms with E-state index in [1.807, 2.05) is 38.1 Å². The average molecular weight is 209 g/mol. The minimum Gasteiger partial charge on any atom is -0.394 e. The van der Waals surface area contributed by atoms with Gasteiger partial charge in [0.1, 0.15) is 0 Å². The molecule has 0 fully saturated rings. The lowest BCUT2D eigenvalue weighted by molar-refractivity contribution is 0.0192. The van der Waals surface area contributed by atoms with E-state index >= 15 is 0 Å². The van der Waals surface area contributed by atoms with Gasteiger partial charge in [0.25, 0.3) is 0 Å². The van der Waals surface area contributed by atoms with Crippen LogP contribution in [0.4, 0.5) is 0 Å². The fraction of sp³-hybridized carbons (Fsp3) is 0.500. The van der Waals surface area contributed by atoms with Crippen molar-refractivity contribution in [2.45, 2.75) is 25.5 Å². The van der Waals surface area contributed by atoms with Gasteiger partial charge in [-0.1, -0.05) is 24.3 Å². The minimum absolute atomic E-state index is 0.0347. The Bertz CT molecular complexity index is 306. The predicted octanol–water partition coefficient (Wildman–Crippen LogP) is 1.56. The van der Waals surface area contributed by atoms with Crippen LogP contribution in [0.3, 0.4) is 0 Å². The summed E-state index contributed by atoms with van der Waals surface area (Å²) in [5.41, 5.74) is 7.45. The molecule has 1 unspecified atom stereocenters. The summed E-state index contributed by atoms with van der Waals surface area (Å²) in [6.45, 7) is 3.98. The van der Waals surface area contributed by atoms with Crippen LogP contribution in [0.1, 0.15) is 31.0 Å². The number of hydrogen-bond acceptors (Lipinski definition) is 3. The van der Waals surface area contributed by atoms with Gasteiger partial charge in [-0.05, 0) is 25.0 Å². The second kappa shape index (κ2) is 4.75. The van der Waals surface area contributed by atoms with Gasteiger partial charge in [0.2, 0.25) is 0 Å².